The van der Waals surface area contributed by atoms with E-state index in [0.29, 0.717) is 11.4 Å². The Kier molecular flexibility index (Phi) is 3.06. The van der Waals surface area contributed by atoms with Crippen LogP contribution in [0.1, 0.15) is 17.0 Å². The molecule has 1 aromatic heterocycles. The summed E-state index contributed by atoms with van der Waals surface area (Å²) in [7, 11) is 0. The topological polar surface area (TPSA) is 52.5 Å². The normalized spacial score (nSPS) is 11.5. The molecule has 0 fully saturated rings. The quantitative estimate of drug-likeness (QED) is 0.709. The summed E-state index contributed by atoms with van der Waals surface area (Å²) in [4.78, 5) is 7.68. The number of hydrogen-bond donors (Lipinski definition) is 1. The summed E-state index contributed by atoms with van der Waals surface area (Å²) >= 11 is 0. The number of nitrogens with zero attached hydrogens (tertiary/aromatic N) is 2. The molecule has 20 heavy (non-hydrogen) atoms. The Morgan fingerprint density at radius 3 is 2.75 bits per heavy atom. The molecular weight excluding hydrogens is 246 g/mol. The number of aromatic amines is 1. The van der Waals surface area contributed by atoms with E-state index in [0.717, 1.165) is 16.6 Å². The van der Waals surface area contributed by atoms with Crippen LogP contribution in [0.25, 0.3) is 22.7 Å². The molecule has 0 bridgehead atoms. The molecule has 0 spiro atoms. The number of rotatable bonds is 2. The predicted molar refractivity (Wildman–Crippen MR) is 80.8 cm³/mol. The summed E-state index contributed by atoms with van der Waals surface area (Å²) in [6.45, 7) is 2.03. The van der Waals surface area contributed by atoms with E-state index in [2.05, 4.69) is 16.0 Å². The molecule has 0 radical (unpaired) electrons. The van der Waals surface area contributed by atoms with Crippen molar-refractivity contribution in [2.45, 2.75) is 6.92 Å². The third-order valence-electron chi connectivity index (χ3n) is 3.12. The predicted octanol–water partition coefficient (Wildman–Crippen LogP) is 3.94. The Bertz CT molecular complexity index is 820. The number of hydrogen-bond acceptors (Lipinski definition) is 2. The standard InChI is InChI=1S/C17H13N3/c1-12-7-8-15-16(9-12)20-17(19-15)14(11-18)10-13-5-3-2-4-6-13/h2-10H,1H3,(H,19,20)/b14-10+. The minimum Gasteiger partial charge on any atom is -0.337 e. The zero-order valence-electron chi connectivity index (χ0n) is 11.1. The second kappa shape index (κ2) is 5.02. The SMILES string of the molecule is Cc1ccc2nc(/C(C#N)=C/c3ccccc3)[nH]c2c1. The lowest BCUT2D eigenvalue weighted by Gasteiger charge is -1.94. The van der Waals surface area contributed by atoms with E-state index in [-0.39, 0.29) is 0 Å². The van der Waals surface area contributed by atoms with Crippen LogP contribution >= 0.6 is 0 Å². The highest BCUT2D eigenvalue weighted by molar-refractivity contribution is 5.90. The van der Waals surface area contributed by atoms with Gasteiger partial charge in [0.05, 0.1) is 16.6 Å². The Balaban J connectivity index is 2.08. The third-order valence-corrected chi connectivity index (χ3v) is 3.12. The van der Waals surface area contributed by atoms with Crippen LogP contribution in [-0.4, -0.2) is 9.97 Å². The highest BCUT2D eigenvalue weighted by Crippen LogP contribution is 2.19. The maximum Gasteiger partial charge on any atom is 0.149 e. The Hall–Kier alpha value is -2.86. The Morgan fingerprint density at radius 1 is 1.20 bits per heavy atom. The highest BCUT2D eigenvalue weighted by Gasteiger charge is 2.07. The first-order chi connectivity index (χ1) is 9.76. The van der Waals surface area contributed by atoms with Crippen LogP contribution in [0.3, 0.4) is 0 Å². The zero-order chi connectivity index (χ0) is 13.9. The lowest BCUT2D eigenvalue weighted by Crippen LogP contribution is -1.84. The molecular formula is C17H13N3. The minimum absolute atomic E-state index is 0.532. The van der Waals surface area contributed by atoms with Gasteiger partial charge in [0.15, 0.2) is 0 Å². The molecule has 1 N–H and O–H groups in total. The molecule has 3 heteroatoms. The van der Waals surface area contributed by atoms with Crippen LogP contribution in [0.15, 0.2) is 48.5 Å². The van der Waals surface area contributed by atoms with Gasteiger partial charge in [-0.05, 0) is 36.3 Å². The molecule has 1 heterocycles. The summed E-state index contributed by atoms with van der Waals surface area (Å²) in [5, 5.41) is 9.34. The summed E-state index contributed by atoms with van der Waals surface area (Å²) in [5.41, 5.74) is 4.51. The first-order valence-corrected chi connectivity index (χ1v) is 6.40. The molecule has 2 aromatic carbocycles. The molecule has 0 amide bonds. The molecule has 0 atom stereocenters. The minimum atomic E-state index is 0.532. The van der Waals surface area contributed by atoms with Gasteiger partial charge in [0, 0.05) is 0 Å². The third kappa shape index (κ3) is 2.32. The van der Waals surface area contributed by atoms with Gasteiger partial charge in [-0.3, -0.25) is 0 Å². The van der Waals surface area contributed by atoms with Gasteiger partial charge in [-0.2, -0.15) is 5.26 Å². The van der Waals surface area contributed by atoms with E-state index < -0.39 is 0 Å². The molecule has 0 saturated carbocycles. The maximum absolute atomic E-state index is 9.34. The van der Waals surface area contributed by atoms with Crippen molar-refractivity contribution < 1.29 is 0 Å². The van der Waals surface area contributed by atoms with Gasteiger partial charge >= 0.3 is 0 Å². The molecule has 0 aliphatic carbocycles. The van der Waals surface area contributed by atoms with Crippen molar-refractivity contribution in [3.05, 3.63) is 65.5 Å². The van der Waals surface area contributed by atoms with E-state index in [1.54, 1.807) is 0 Å². The van der Waals surface area contributed by atoms with Gasteiger partial charge in [0.2, 0.25) is 0 Å². The average Bonchev–Trinajstić information content (AvgIpc) is 2.88. The van der Waals surface area contributed by atoms with E-state index in [1.807, 2.05) is 61.5 Å². The summed E-state index contributed by atoms with van der Waals surface area (Å²) in [5.74, 6) is 0.608. The second-order valence-electron chi connectivity index (χ2n) is 4.69. The smallest absolute Gasteiger partial charge is 0.149 e. The summed E-state index contributed by atoms with van der Waals surface area (Å²) in [6.07, 6.45) is 1.84. The highest BCUT2D eigenvalue weighted by atomic mass is 14.9. The van der Waals surface area contributed by atoms with Crippen LogP contribution in [0.2, 0.25) is 0 Å². The van der Waals surface area contributed by atoms with Crippen LogP contribution in [0, 0.1) is 18.3 Å². The molecule has 0 aliphatic heterocycles. The van der Waals surface area contributed by atoms with Crippen molar-refractivity contribution in [1.82, 2.24) is 9.97 Å². The number of fused-ring (bicyclic) bond motifs is 1. The first-order valence-electron chi connectivity index (χ1n) is 6.40. The molecule has 3 aromatic rings. The summed E-state index contributed by atoms with van der Waals surface area (Å²) in [6, 6.07) is 18.0. The van der Waals surface area contributed by atoms with Crippen molar-refractivity contribution in [2.24, 2.45) is 0 Å². The van der Waals surface area contributed by atoms with Gasteiger partial charge in [0.25, 0.3) is 0 Å². The molecule has 0 aliphatic rings. The average molecular weight is 259 g/mol. The van der Waals surface area contributed by atoms with E-state index in [4.69, 9.17) is 0 Å². The monoisotopic (exact) mass is 259 g/mol. The number of imidazole rings is 1. The van der Waals surface area contributed by atoms with Crippen LogP contribution < -0.4 is 0 Å². The number of benzene rings is 2. The van der Waals surface area contributed by atoms with Crippen LogP contribution in [0.5, 0.6) is 0 Å². The van der Waals surface area contributed by atoms with E-state index in [9.17, 15) is 5.26 Å². The van der Waals surface area contributed by atoms with Gasteiger partial charge in [-0.25, -0.2) is 4.98 Å². The molecule has 3 rings (SSSR count). The summed E-state index contributed by atoms with van der Waals surface area (Å²) < 4.78 is 0. The van der Waals surface area contributed by atoms with Gasteiger partial charge in [-0.15, -0.1) is 0 Å². The number of allylic oxidation sites excluding steroid dienone is 1. The number of aryl methyl sites for hydroxylation is 1. The fraction of sp³-hybridized carbons (Fsp3) is 0.0588. The van der Waals surface area contributed by atoms with E-state index >= 15 is 0 Å². The van der Waals surface area contributed by atoms with Crippen molar-refractivity contribution in [1.29, 1.82) is 5.26 Å². The van der Waals surface area contributed by atoms with E-state index in [1.165, 1.54) is 5.56 Å². The molecule has 0 saturated heterocycles. The number of aromatic nitrogens is 2. The Morgan fingerprint density at radius 2 is 2.00 bits per heavy atom. The number of nitriles is 1. The van der Waals surface area contributed by atoms with Crippen molar-refractivity contribution in [3.63, 3.8) is 0 Å². The van der Waals surface area contributed by atoms with Crippen molar-refractivity contribution >= 4 is 22.7 Å². The number of nitrogens with one attached hydrogen (secondary N) is 1. The van der Waals surface area contributed by atoms with Crippen molar-refractivity contribution in [2.75, 3.05) is 0 Å². The van der Waals surface area contributed by atoms with Crippen LogP contribution in [0.4, 0.5) is 0 Å². The van der Waals surface area contributed by atoms with Gasteiger partial charge in [-0.1, -0.05) is 36.4 Å². The lowest BCUT2D eigenvalue weighted by molar-refractivity contribution is 1.27. The zero-order valence-corrected chi connectivity index (χ0v) is 11.1. The molecule has 0 unspecified atom stereocenters. The van der Waals surface area contributed by atoms with Gasteiger partial charge in [0.1, 0.15) is 11.9 Å². The largest absolute Gasteiger partial charge is 0.337 e. The fourth-order valence-corrected chi connectivity index (χ4v) is 2.12. The Labute approximate surface area is 117 Å². The van der Waals surface area contributed by atoms with Crippen LogP contribution in [-0.2, 0) is 0 Å². The maximum atomic E-state index is 9.34. The fourth-order valence-electron chi connectivity index (χ4n) is 2.12. The van der Waals surface area contributed by atoms with Crippen molar-refractivity contribution in [3.8, 4) is 6.07 Å². The lowest BCUT2D eigenvalue weighted by atomic mass is 10.1. The van der Waals surface area contributed by atoms with Gasteiger partial charge < -0.3 is 4.98 Å². The second-order valence-corrected chi connectivity index (χ2v) is 4.69. The first kappa shape index (κ1) is 12.2. The molecule has 3 nitrogen and oxygen atoms in total. The number of H-pyrrole nitrogens is 1. The molecule has 96 valence electrons.